The van der Waals surface area contributed by atoms with Crippen LogP contribution in [0.5, 0.6) is 0 Å². The Hall–Kier alpha value is -3.15. The molecule has 2 aromatic rings. The van der Waals surface area contributed by atoms with Gasteiger partial charge in [-0.05, 0) is 79.5 Å². The second-order valence-electron chi connectivity index (χ2n) is 12.5. The first-order valence-corrected chi connectivity index (χ1v) is 15.0. The molecular weight excluding hydrogens is 486 g/mol. The molecule has 1 N–H and O–H groups in total. The summed E-state index contributed by atoms with van der Waals surface area (Å²) in [5.74, 6) is 0.712. The number of nitrogens with one attached hydrogen (secondary N) is 1. The van der Waals surface area contributed by atoms with Crippen LogP contribution in [-0.4, -0.2) is 59.7 Å². The molecule has 6 nitrogen and oxygen atoms in total. The van der Waals surface area contributed by atoms with Crippen molar-refractivity contribution in [1.82, 2.24) is 15.1 Å². The number of piperidine rings is 1. The monoisotopic (exact) mass is 527 g/mol. The van der Waals surface area contributed by atoms with Gasteiger partial charge in [-0.1, -0.05) is 55.3 Å². The fraction of sp³-hybridized carbons (Fsp3) is 0.545. The highest BCUT2D eigenvalue weighted by atomic mass is 16.2. The molecule has 2 aliphatic heterocycles. The van der Waals surface area contributed by atoms with E-state index < -0.39 is 0 Å². The molecule has 2 heterocycles. The van der Waals surface area contributed by atoms with Crippen LogP contribution in [-0.2, 0) is 22.4 Å². The number of carbonyl (C=O) groups excluding carboxylic acids is 3. The van der Waals surface area contributed by atoms with Crippen molar-refractivity contribution in [3.8, 4) is 0 Å². The van der Waals surface area contributed by atoms with Gasteiger partial charge in [0, 0.05) is 44.2 Å². The Morgan fingerprint density at radius 1 is 0.795 bits per heavy atom. The summed E-state index contributed by atoms with van der Waals surface area (Å²) in [6.45, 7) is 3.20. The van der Waals surface area contributed by atoms with Crippen LogP contribution < -0.4 is 5.32 Å². The molecule has 6 heteroatoms. The standard InChI is InChI=1S/C33H41N3O3/c37-30(22-24-20-26-10-4-5-11-27(26)21-24)35-17-14-33(15-18-35)16-19-36(23-33)32(39)28-12-6-7-13-29(28)34-31(38)25-8-2-1-3-9-25/h1-5,8-11,24,28-29H,6-7,12-23H2,(H,34,38). The van der Waals surface area contributed by atoms with Crippen LogP contribution in [0.2, 0.25) is 0 Å². The first kappa shape index (κ1) is 26.1. The topological polar surface area (TPSA) is 69.7 Å². The van der Waals surface area contributed by atoms with Crippen molar-refractivity contribution in [3.05, 3.63) is 71.3 Å². The number of nitrogens with zero attached hydrogens (tertiary/aromatic N) is 2. The Labute approximate surface area is 232 Å². The van der Waals surface area contributed by atoms with Crippen LogP contribution in [0.4, 0.5) is 0 Å². The van der Waals surface area contributed by atoms with Gasteiger partial charge >= 0.3 is 0 Å². The van der Waals surface area contributed by atoms with E-state index in [9.17, 15) is 14.4 Å². The van der Waals surface area contributed by atoms with Gasteiger partial charge in [0.25, 0.3) is 5.91 Å². The lowest BCUT2D eigenvalue weighted by molar-refractivity contribution is -0.138. The number of fused-ring (bicyclic) bond motifs is 1. The van der Waals surface area contributed by atoms with Gasteiger partial charge in [0.15, 0.2) is 0 Å². The number of hydrogen-bond donors (Lipinski definition) is 1. The summed E-state index contributed by atoms with van der Waals surface area (Å²) < 4.78 is 0. The fourth-order valence-electron chi connectivity index (χ4n) is 7.61. The molecule has 0 bridgehead atoms. The third-order valence-corrected chi connectivity index (χ3v) is 9.96. The maximum atomic E-state index is 13.7. The molecule has 1 spiro atoms. The minimum Gasteiger partial charge on any atom is -0.349 e. The molecule has 2 saturated heterocycles. The van der Waals surface area contributed by atoms with E-state index in [1.807, 2.05) is 30.3 Å². The minimum absolute atomic E-state index is 0.0864. The van der Waals surface area contributed by atoms with Crippen molar-refractivity contribution in [3.63, 3.8) is 0 Å². The normalized spacial score (nSPS) is 24.5. The van der Waals surface area contributed by atoms with Gasteiger partial charge in [-0.2, -0.15) is 0 Å². The van der Waals surface area contributed by atoms with Crippen molar-refractivity contribution in [2.75, 3.05) is 26.2 Å². The number of carbonyl (C=O) groups is 3. The molecule has 2 atom stereocenters. The first-order chi connectivity index (χ1) is 19.0. The lowest BCUT2D eigenvalue weighted by atomic mass is 9.77. The number of rotatable bonds is 5. The van der Waals surface area contributed by atoms with Crippen molar-refractivity contribution >= 4 is 17.7 Å². The molecule has 2 aromatic carbocycles. The van der Waals surface area contributed by atoms with Crippen LogP contribution in [0.15, 0.2) is 54.6 Å². The summed E-state index contributed by atoms with van der Waals surface area (Å²) in [6.07, 6.45) is 9.44. The molecule has 4 aliphatic rings. The summed E-state index contributed by atoms with van der Waals surface area (Å²) in [4.78, 5) is 43.8. The highest BCUT2D eigenvalue weighted by Crippen LogP contribution is 2.42. The van der Waals surface area contributed by atoms with E-state index in [1.54, 1.807) is 0 Å². The maximum Gasteiger partial charge on any atom is 0.251 e. The van der Waals surface area contributed by atoms with Crippen LogP contribution in [0.3, 0.4) is 0 Å². The van der Waals surface area contributed by atoms with Crippen LogP contribution in [0.1, 0.15) is 72.9 Å². The van der Waals surface area contributed by atoms with Crippen molar-refractivity contribution in [2.24, 2.45) is 17.3 Å². The SMILES string of the molecule is O=C(NC1CCCCC1C(=O)N1CCC2(CCN(C(=O)CC3Cc4ccccc4C3)CC2)C1)c1ccccc1. The van der Waals surface area contributed by atoms with E-state index in [1.165, 1.54) is 11.1 Å². The number of likely N-dealkylation sites (tertiary alicyclic amines) is 2. The smallest absolute Gasteiger partial charge is 0.251 e. The van der Waals surface area contributed by atoms with Crippen molar-refractivity contribution < 1.29 is 14.4 Å². The summed E-state index contributed by atoms with van der Waals surface area (Å²) in [7, 11) is 0. The van der Waals surface area contributed by atoms with Crippen LogP contribution in [0, 0.1) is 17.3 Å². The van der Waals surface area contributed by atoms with E-state index >= 15 is 0 Å². The third kappa shape index (κ3) is 5.61. The molecule has 1 saturated carbocycles. The molecule has 0 aromatic heterocycles. The van der Waals surface area contributed by atoms with Gasteiger partial charge in [0.05, 0.1) is 5.92 Å². The number of amides is 3. The first-order valence-electron chi connectivity index (χ1n) is 15.0. The van der Waals surface area contributed by atoms with Gasteiger partial charge in [-0.15, -0.1) is 0 Å². The molecule has 2 aliphatic carbocycles. The number of benzene rings is 2. The summed E-state index contributed by atoms with van der Waals surface area (Å²) >= 11 is 0. The Balaban J connectivity index is 1.01. The fourth-order valence-corrected chi connectivity index (χ4v) is 7.61. The number of hydrogen-bond acceptors (Lipinski definition) is 3. The lowest BCUT2D eigenvalue weighted by Crippen LogP contribution is -2.50. The zero-order valence-electron chi connectivity index (χ0n) is 22.9. The van der Waals surface area contributed by atoms with Gasteiger partial charge in [-0.3, -0.25) is 14.4 Å². The summed E-state index contributed by atoms with van der Waals surface area (Å²) in [6, 6.07) is 17.8. The highest BCUT2D eigenvalue weighted by Gasteiger charge is 2.45. The minimum atomic E-state index is -0.140. The summed E-state index contributed by atoms with van der Waals surface area (Å²) in [5, 5.41) is 3.18. The quantitative estimate of drug-likeness (QED) is 0.617. The molecule has 3 amide bonds. The summed E-state index contributed by atoms with van der Waals surface area (Å²) in [5.41, 5.74) is 3.59. The lowest BCUT2D eigenvalue weighted by Gasteiger charge is -2.40. The van der Waals surface area contributed by atoms with Crippen LogP contribution in [0.25, 0.3) is 0 Å². The molecule has 39 heavy (non-hydrogen) atoms. The Kier molecular flexibility index (Phi) is 7.46. The molecule has 6 rings (SSSR count). The van der Waals surface area contributed by atoms with E-state index in [-0.39, 0.29) is 29.2 Å². The second kappa shape index (κ2) is 11.1. The average molecular weight is 528 g/mol. The van der Waals surface area contributed by atoms with Gasteiger partial charge < -0.3 is 15.1 Å². The van der Waals surface area contributed by atoms with Crippen LogP contribution >= 0.6 is 0 Å². The third-order valence-electron chi connectivity index (χ3n) is 9.96. The van der Waals surface area contributed by atoms with E-state index in [2.05, 4.69) is 39.4 Å². The zero-order valence-corrected chi connectivity index (χ0v) is 22.9. The Bertz CT molecular complexity index is 1180. The van der Waals surface area contributed by atoms with Crippen molar-refractivity contribution in [2.45, 2.75) is 70.3 Å². The zero-order chi connectivity index (χ0) is 26.8. The molecule has 3 fully saturated rings. The second-order valence-corrected chi connectivity index (χ2v) is 12.5. The Morgan fingerprint density at radius 3 is 2.10 bits per heavy atom. The maximum absolute atomic E-state index is 13.7. The van der Waals surface area contributed by atoms with E-state index in [4.69, 9.17) is 0 Å². The van der Waals surface area contributed by atoms with Crippen molar-refractivity contribution in [1.29, 1.82) is 0 Å². The predicted octanol–water partition coefficient (Wildman–Crippen LogP) is 4.62. The highest BCUT2D eigenvalue weighted by molar-refractivity contribution is 5.94. The largest absolute Gasteiger partial charge is 0.349 e. The Morgan fingerprint density at radius 2 is 1.41 bits per heavy atom. The molecule has 0 radical (unpaired) electrons. The van der Waals surface area contributed by atoms with E-state index in [0.717, 1.165) is 84.0 Å². The molecular formula is C33H41N3O3. The molecule has 2 unspecified atom stereocenters. The average Bonchev–Trinajstić information content (AvgIpc) is 3.57. The molecule has 206 valence electrons. The van der Waals surface area contributed by atoms with E-state index in [0.29, 0.717) is 23.8 Å². The van der Waals surface area contributed by atoms with Gasteiger partial charge in [0.1, 0.15) is 0 Å². The predicted molar refractivity (Wildman–Crippen MR) is 151 cm³/mol. The van der Waals surface area contributed by atoms with Gasteiger partial charge in [-0.25, -0.2) is 0 Å². The van der Waals surface area contributed by atoms with Gasteiger partial charge in [0.2, 0.25) is 11.8 Å².